The van der Waals surface area contributed by atoms with Gasteiger partial charge in [0.15, 0.2) is 0 Å². The van der Waals surface area contributed by atoms with Gasteiger partial charge in [-0.25, -0.2) is 4.98 Å². The van der Waals surface area contributed by atoms with Crippen LogP contribution in [0.4, 0.5) is 5.82 Å². The van der Waals surface area contributed by atoms with Gasteiger partial charge in [-0.15, -0.1) is 0 Å². The summed E-state index contributed by atoms with van der Waals surface area (Å²) in [6.07, 6.45) is 7.33. The van der Waals surface area contributed by atoms with E-state index in [1.54, 1.807) is 0 Å². The molecule has 2 aliphatic rings. The Hall–Kier alpha value is -1.09. The zero-order chi connectivity index (χ0) is 13.2. The predicted molar refractivity (Wildman–Crippen MR) is 79.4 cm³/mol. The molecule has 1 N–H and O–H groups in total. The van der Waals surface area contributed by atoms with Gasteiger partial charge in [-0.1, -0.05) is 6.92 Å². The number of hydrogen-bond acceptors (Lipinski definition) is 3. The molecule has 1 aromatic rings. The van der Waals surface area contributed by atoms with E-state index in [1.807, 2.05) is 0 Å². The molecule has 3 nitrogen and oxygen atoms in total. The smallest absolute Gasteiger partial charge is 0.131 e. The monoisotopic (exact) mass is 259 g/mol. The SMILES string of the molecule is Cc1cc(CNC2CC2)cnc1N1CCC(C)CC1. The van der Waals surface area contributed by atoms with Crippen LogP contribution in [-0.2, 0) is 6.54 Å². The standard InChI is InChI=1S/C16H25N3/c1-12-5-7-19(8-6-12)16-13(2)9-14(11-18-16)10-17-15-3-4-15/h9,11-12,15,17H,3-8,10H2,1-2H3. The molecule has 0 bridgehead atoms. The lowest BCUT2D eigenvalue weighted by Gasteiger charge is -2.32. The first-order valence-electron chi connectivity index (χ1n) is 7.66. The molecule has 2 fully saturated rings. The van der Waals surface area contributed by atoms with Crippen LogP contribution >= 0.6 is 0 Å². The van der Waals surface area contributed by atoms with Gasteiger partial charge in [-0.05, 0) is 55.7 Å². The van der Waals surface area contributed by atoms with Crippen LogP contribution in [-0.4, -0.2) is 24.1 Å². The fourth-order valence-electron chi connectivity index (χ4n) is 2.82. The highest BCUT2D eigenvalue weighted by atomic mass is 15.2. The van der Waals surface area contributed by atoms with E-state index in [1.165, 1.54) is 42.6 Å². The second-order valence-corrected chi connectivity index (χ2v) is 6.31. The van der Waals surface area contributed by atoms with Crippen molar-refractivity contribution in [1.82, 2.24) is 10.3 Å². The van der Waals surface area contributed by atoms with E-state index in [2.05, 4.69) is 36.3 Å². The molecule has 0 amide bonds. The molecule has 3 heteroatoms. The Balaban J connectivity index is 1.64. The van der Waals surface area contributed by atoms with E-state index in [0.29, 0.717) is 0 Å². The normalized spacial score (nSPS) is 20.8. The number of pyridine rings is 1. The lowest BCUT2D eigenvalue weighted by molar-refractivity contribution is 0.436. The molecule has 1 saturated heterocycles. The highest BCUT2D eigenvalue weighted by molar-refractivity contribution is 5.47. The van der Waals surface area contributed by atoms with Crippen molar-refractivity contribution in [2.45, 2.75) is 52.1 Å². The average Bonchev–Trinajstić information content (AvgIpc) is 3.22. The molecule has 0 unspecified atom stereocenters. The van der Waals surface area contributed by atoms with Gasteiger partial charge in [0.25, 0.3) is 0 Å². The summed E-state index contributed by atoms with van der Waals surface area (Å²) in [4.78, 5) is 7.16. The van der Waals surface area contributed by atoms with Gasteiger partial charge in [-0.3, -0.25) is 0 Å². The van der Waals surface area contributed by atoms with Crippen molar-refractivity contribution in [2.24, 2.45) is 5.92 Å². The Morgan fingerprint density at radius 1 is 1.26 bits per heavy atom. The highest BCUT2D eigenvalue weighted by Gasteiger charge is 2.21. The summed E-state index contributed by atoms with van der Waals surface area (Å²) in [6.45, 7) is 7.84. The van der Waals surface area contributed by atoms with Crippen LogP contribution in [0.1, 0.15) is 43.7 Å². The van der Waals surface area contributed by atoms with E-state index in [0.717, 1.165) is 31.6 Å². The van der Waals surface area contributed by atoms with Gasteiger partial charge in [-0.2, -0.15) is 0 Å². The molecule has 1 aliphatic carbocycles. The molecule has 3 rings (SSSR count). The number of nitrogens with zero attached hydrogens (tertiary/aromatic N) is 2. The van der Waals surface area contributed by atoms with Crippen LogP contribution < -0.4 is 10.2 Å². The maximum Gasteiger partial charge on any atom is 0.131 e. The topological polar surface area (TPSA) is 28.2 Å². The van der Waals surface area contributed by atoms with Crippen molar-refractivity contribution < 1.29 is 0 Å². The summed E-state index contributed by atoms with van der Waals surface area (Å²) in [5.41, 5.74) is 2.64. The van der Waals surface area contributed by atoms with Crippen molar-refractivity contribution in [1.29, 1.82) is 0 Å². The number of anilines is 1. The number of rotatable bonds is 4. The average molecular weight is 259 g/mol. The van der Waals surface area contributed by atoms with E-state index >= 15 is 0 Å². The molecule has 104 valence electrons. The quantitative estimate of drug-likeness (QED) is 0.901. The third-order valence-electron chi connectivity index (χ3n) is 4.36. The Morgan fingerprint density at radius 3 is 2.63 bits per heavy atom. The van der Waals surface area contributed by atoms with Gasteiger partial charge in [0.2, 0.25) is 0 Å². The summed E-state index contributed by atoms with van der Waals surface area (Å²) < 4.78 is 0. The summed E-state index contributed by atoms with van der Waals surface area (Å²) in [5, 5.41) is 3.55. The third-order valence-corrected chi connectivity index (χ3v) is 4.36. The minimum Gasteiger partial charge on any atom is -0.356 e. The van der Waals surface area contributed by atoms with Crippen molar-refractivity contribution in [3.8, 4) is 0 Å². The fourth-order valence-corrected chi connectivity index (χ4v) is 2.82. The fraction of sp³-hybridized carbons (Fsp3) is 0.688. The molecule has 0 aromatic carbocycles. The lowest BCUT2D eigenvalue weighted by atomic mass is 9.99. The largest absolute Gasteiger partial charge is 0.356 e. The van der Waals surface area contributed by atoms with Gasteiger partial charge in [0, 0.05) is 31.9 Å². The molecular formula is C16H25N3. The first-order chi connectivity index (χ1) is 9.22. The molecule has 1 saturated carbocycles. The highest BCUT2D eigenvalue weighted by Crippen LogP contribution is 2.25. The van der Waals surface area contributed by atoms with Crippen LogP contribution in [0, 0.1) is 12.8 Å². The van der Waals surface area contributed by atoms with Crippen LogP contribution in [0.5, 0.6) is 0 Å². The number of aryl methyl sites for hydroxylation is 1. The number of hydrogen-bond donors (Lipinski definition) is 1. The molecule has 1 aliphatic heterocycles. The zero-order valence-corrected chi connectivity index (χ0v) is 12.2. The van der Waals surface area contributed by atoms with Crippen molar-refractivity contribution in [2.75, 3.05) is 18.0 Å². The van der Waals surface area contributed by atoms with Gasteiger partial charge >= 0.3 is 0 Å². The summed E-state index contributed by atoms with van der Waals surface area (Å²) in [5.74, 6) is 2.07. The summed E-state index contributed by atoms with van der Waals surface area (Å²) in [7, 11) is 0. The van der Waals surface area contributed by atoms with Crippen molar-refractivity contribution >= 4 is 5.82 Å². The summed E-state index contributed by atoms with van der Waals surface area (Å²) >= 11 is 0. The van der Waals surface area contributed by atoms with Gasteiger partial charge in [0.1, 0.15) is 5.82 Å². The first-order valence-corrected chi connectivity index (χ1v) is 7.66. The van der Waals surface area contributed by atoms with E-state index in [9.17, 15) is 0 Å². The Labute approximate surface area is 116 Å². The maximum atomic E-state index is 4.71. The molecular weight excluding hydrogens is 234 g/mol. The van der Waals surface area contributed by atoms with Crippen LogP contribution in [0.25, 0.3) is 0 Å². The molecule has 2 heterocycles. The van der Waals surface area contributed by atoms with Crippen LogP contribution in [0.2, 0.25) is 0 Å². The van der Waals surface area contributed by atoms with E-state index in [4.69, 9.17) is 4.98 Å². The summed E-state index contributed by atoms with van der Waals surface area (Å²) in [6, 6.07) is 3.07. The van der Waals surface area contributed by atoms with Gasteiger partial charge < -0.3 is 10.2 Å². The minimum absolute atomic E-state index is 0.767. The molecule has 19 heavy (non-hydrogen) atoms. The maximum absolute atomic E-state index is 4.71. The Kier molecular flexibility index (Phi) is 3.74. The van der Waals surface area contributed by atoms with E-state index < -0.39 is 0 Å². The molecule has 0 atom stereocenters. The van der Waals surface area contributed by atoms with Crippen molar-refractivity contribution in [3.63, 3.8) is 0 Å². The second kappa shape index (κ2) is 5.49. The second-order valence-electron chi connectivity index (χ2n) is 6.31. The van der Waals surface area contributed by atoms with E-state index in [-0.39, 0.29) is 0 Å². The van der Waals surface area contributed by atoms with Gasteiger partial charge in [0.05, 0.1) is 0 Å². The zero-order valence-electron chi connectivity index (χ0n) is 12.2. The lowest BCUT2D eigenvalue weighted by Crippen LogP contribution is -2.34. The third kappa shape index (κ3) is 3.27. The van der Waals surface area contributed by atoms with Crippen LogP contribution in [0.15, 0.2) is 12.3 Å². The predicted octanol–water partition coefficient (Wildman–Crippen LogP) is 2.88. The minimum atomic E-state index is 0.767. The Bertz CT molecular complexity index is 432. The van der Waals surface area contributed by atoms with Crippen molar-refractivity contribution in [3.05, 3.63) is 23.4 Å². The number of aromatic nitrogens is 1. The Morgan fingerprint density at radius 2 is 2.00 bits per heavy atom. The molecule has 0 radical (unpaired) electrons. The number of nitrogens with one attached hydrogen (secondary N) is 1. The number of piperidine rings is 1. The van der Waals surface area contributed by atoms with Crippen LogP contribution in [0.3, 0.4) is 0 Å². The molecule has 0 spiro atoms. The first kappa shape index (κ1) is 12.9. The molecule has 1 aromatic heterocycles.